The van der Waals surface area contributed by atoms with Crippen molar-refractivity contribution in [3.05, 3.63) is 84.2 Å². The van der Waals surface area contributed by atoms with Gasteiger partial charge in [-0.05, 0) is 75.9 Å². The number of hydrogen-bond donors (Lipinski definition) is 2. The number of hydrogen-bond acceptors (Lipinski definition) is 8. The zero-order chi connectivity index (χ0) is 32.9. The standard InChI is InChI=1S/C34H36F3N5O4/c1-4-45-27-12-5-6-13-28(27)46-25-11-8-14-42(21-25)31-20-38-19-30(41-31)40-29-17-24(34(35,36)37)16-26(39-29)23-10-7-9-22(15-23)18-33(2,3)32(43)44/h5-7,9-10,12-13,15-17,19-20,25H,4,8,11,14,18,21H2,1-3H3,(H,43,44)(H,39,40,41)/t25-/m1/s1. The predicted octanol–water partition coefficient (Wildman–Crippen LogP) is 7.40. The highest BCUT2D eigenvalue weighted by Crippen LogP contribution is 2.35. The number of alkyl halides is 3. The van der Waals surface area contributed by atoms with Gasteiger partial charge in [0.05, 0.1) is 42.2 Å². The summed E-state index contributed by atoms with van der Waals surface area (Å²) in [7, 11) is 0. The molecule has 0 radical (unpaired) electrons. The number of benzene rings is 2. The average molecular weight is 636 g/mol. The fourth-order valence-electron chi connectivity index (χ4n) is 5.28. The first-order chi connectivity index (χ1) is 21.9. The highest BCUT2D eigenvalue weighted by molar-refractivity contribution is 5.74. The summed E-state index contributed by atoms with van der Waals surface area (Å²) in [5.41, 5.74) is -0.756. The van der Waals surface area contributed by atoms with Crippen LogP contribution in [-0.4, -0.2) is 51.8 Å². The SMILES string of the molecule is CCOc1ccccc1O[C@@H]1CCCN(c2cncc(Nc3cc(C(F)(F)F)cc(-c4cccc(CC(C)(C)C(=O)O)c4)n3)n2)C1. The number of nitrogens with one attached hydrogen (secondary N) is 1. The van der Waals surface area contributed by atoms with E-state index in [2.05, 4.69) is 20.3 Å². The first-order valence-corrected chi connectivity index (χ1v) is 15.1. The topological polar surface area (TPSA) is 110 Å². The Balaban J connectivity index is 1.37. The van der Waals surface area contributed by atoms with E-state index >= 15 is 0 Å². The van der Waals surface area contributed by atoms with Gasteiger partial charge in [0.25, 0.3) is 0 Å². The van der Waals surface area contributed by atoms with Crippen molar-refractivity contribution in [1.29, 1.82) is 0 Å². The lowest BCUT2D eigenvalue weighted by atomic mass is 9.85. The first-order valence-electron chi connectivity index (χ1n) is 15.1. The Labute approximate surface area is 265 Å². The second kappa shape index (κ2) is 13.6. The second-order valence-electron chi connectivity index (χ2n) is 11.8. The van der Waals surface area contributed by atoms with E-state index in [1.165, 1.54) is 6.20 Å². The van der Waals surface area contributed by atoms with Crippen molar-refractivity contribution in [2.75, 3.05) is 29.9 Å². The third-order valence-electron chi connectivity index (χ3n) is 7.62. The highest BCUT2D eigenvalue weighted by atomic mass is 19.4. The number of rotatable bonds is 11. The zero-order valence-electron chi connectivity index (χ0n) is 25.8. The fraction of sp³-hybridized carbons (Fsp3) is 0.353. The lowest BCUT2D eigenvalue weighted by molar-refractivity contribution is -0.146. The van der Waals surface area contributed by atoms with Crippen molar-refractivity contribution in [2.24, 2.45) is 5.41 Å². The zero-order valence-corrected chi connectivity index (χ0v) is 25.8. The number of carbonyl (C=O) groups is 1. The highest BCUT2D eigenvalue weighted by Gasteiger charge is 2.32. The summed E-state index contributed by atoms with van der Waals surface area (Å²) < 4.78 is 53.9. The van der Waals surface area contributed by atoms with Gasteiger partial charge in [-0.1, -0.05) is 30.3 Å². The molecular weight excluding hydrogens is 599 g/mol. The molecule has 242 valence electrons. The molecule has 0 aliphatic carbocycles. The smallest absolute Gasteiger partial charge is 0.416 e. The molecule has 46 heavy (non-hydrogen) atoms. The van der Waals surface area contributed by atoms with Crippen molar-refractivity contribution >= 4 is 23.4 Å². The number of anilines is 3. The van der Waals surface area contributed by atoms with Gasteiger partial charge in [-0.25, -0.2) is 9.97 Å². The summed E-state index contributed by atoms with van der Waals surface area (Å²) in [5.74, 6) is 1.11. The van der Waals surface area contributed by atoms with E-state index in [4.69, 9.17) is 9.47 Å². The molecule has 5 rings (SSSR count). The predicted molar refractivity (Wildman–Crippen MR) is 169 cm³/mol. The van der Waals surface area contributed by atoms with Crippen molar-refractivity contribution in [3.8, 4) is 22.8 Å². The van der Waals surface area contributed by atoms with E-state index in [9.17, 15) is 23.1 Å². The van der Waals surface area contributed by atoms with Crippen LogP contribution >= 0.6 is 0 Å². The number of carboxylic acid groups (broad SMARTS) is 1. The summed E-state index contributed by atoms with van der Waals surface area (Å²) in [4.78, 5) is 27.1. The van der Waals surface area contributed by atoms with Gasteiger partial charge in [-0.2, -0.15) is 13.2 Å². The third-order valence-corrected chi connectivity index (χ3v) is 7.62. The molecule has 1 atom stereocenters. The Kier molecular flexibility index (Phi) is 9.64. The van der Waals surface area contributed by atoms with Crippen molar-refractivity contribution < 1.29 is 32.5 Å². The molecule has 0 bridgehead atoms. The van der Waals surface area contributed by atoms with E-state index in [0.29, 0.717) is 48.1 Å². The maximum atomic E-state index is 14.0. The molecule has 0 unspecified atom stereocenters. The van der Waals surface area contributed by atoms with Crippen LogP contribution in [0.2, 0.25) is 0 Å². The lowest BCUT2D eigenvalue weighted by Gasteiger charge is -2.33. The van der Waals surface area contributed by atoms with Crippen LogP contribution in [-0.2, 0) is 17.4 Å². The van der Waals surface area contributed by atoms with Gasteiger partial charge >= 0.3 is 12.1 Å². The normalized spacial score (nSPS) is 15.3. The molecule has 3 heterocycles. The summed E-state index contributed by atoms with van der Waals surface area (Å²) in [5, 5.41) is 12.4. The quantitative estimate of drug-likeness (QED) is 0.174. The monoisotopic (exact) mass is 635 g/mol. The van der Waals surface area contributed by atoms with Crippen LogP contribution in [0.1, 0.15) is 44.7 Å². The van der Waals surface area contributed by atoms with Crippen LogP contribution in [0.25, 0.3) is 11.3 Å². The molecule has 2 aromatic heterocycles. The minimum absolute atomic E-state index is 0.0556. The van der Waals surface area contributed by atoms with Gasteiger partial charge in [-0.3, -0.25) is 9.78 Å². The maximum absolute atomic E-state index is 14.0. The van der Waals surface area contributed by atoms with Gasteiger partial charge in [0.15, 0.2) is 17.3 Å². The minimum atomic E-state index is -4.63. The van der Waals surface area contributed by atoms with Crippen LogP contribution in [0.4, 0.5) is 30.6 Å². The molecule has 9 nitrogen and oxygen atoms in total. The number of piperidine rings is 1. The maximum Gasteiger partial charge on any atom is 0.416 e. The van der Waals surface area contributed by atoms with E-state index in [0.717, 1.165) is 25.0 Å². The van der Waals surface area contributed by atoms with Crippen molar-refractivity contribution in [1.82, 2.24) is 15.0 Å². The molecule has 0 saturated carbocycles. The van der Waals surface area contributed by atoms with Gasteiger partial charge < -0.3 is 24.8 Å². The van der Waals surface area contributed by atoms with E-state index < -0.39 is 23.1 Å². The van der Waals surface area contributed by atoms with E-state index in [-0.39, 0.29) is 29.9 Å². The Hall–Kier alpha value is -4.87. The molecule has 12 heteroatoms. The fourth-order valence-corrected chi connectivity index (χ4v) is 5.28. The van der Waals surface area contributed by atoms with Crippen molar-refractivity contribution in [3.63, 3.8) is 0 Å². The van der Waals surface area contributed by atoms with Gasteiger partial charge in [0, 0.05) is 12.1 Å². The molecule has 0 amide bonds. The largest absolute Gasteiger partial charge is 0.490 e. The average Bonchev–Trinajstić information content (AvgIpc) is 3.02. The molecule has 2 aromatic carbocycles. The van der Waals surface area contributed by atoms with Gasteiger partial charge in [0.2, 0.25) is 0 Å². The number of carboxylic acids is 1. The van der Waals surface area contributed by atoms with E-state index in [1.54, 1.807) is 44.3 Å². The number of pyridine rings is 1. The summed E-state index contributed by atoms with van der Waals surface area (Å²) in [6.07, 6.45) is 0.166. The van der Waals surface area contributed by atoms with Crippen LogP contribution in [0, 0.1) is 5.41 Å². The Morgan fingerprint density at radius 1 is 1.02 bits per heavy atom. The number of nitrogens with zero attached hydrogens (tertiary/aromatic N) is 4. The summed E-state index contributed by atoms with van der Waals surface area (Å²) in [6.45, 7) is 6.89. The molecule has 1 fully saturated rings. The molecule has 0 spiro atoms. The molecular formula is C34H36F3N5O4. The Morgan fingerprint density at radius 2 is 1.80 bits per heavy atom. The van der Waals surface area contributed by atoms with Crippen LogP contribution in [0.3, 0.4) is 0 Å². The van der Waals surface area contributed by atoms with Crippen LogP contribution < -0.4 is 19.7 Å². The molecule has 4 aromatic rings. The number of para-hydroxylation sites is 2. The molecule has 1 aliphatic rings. The second-order valence-corrected chi connectivity index (χ2v) is 11.8. The van der Waals surface area contributed by atoms with Crippen LogP contribution in [0.15, 0.2) is 73.1 Å². The number of halogens is 3. The third kappa shape index (κ3) is 8.04. The number of ether oxygens (including phenoxy) is 2. The Morgan fingerprint density at radius 3 is 2.54 bits per heavy atom. The summed E-state index contributed by atoms with van der Waals surface area (Å²) in [6, 6.07) is 16.2. The molecule has 1 saturated heterocycles. The number of aliphatic carboxylic acids is 1. The Bertz CT molecular complexity index is 1680. The van der Waals surface area contributed by atoms with Gasteiger partial charge in [0.1, 0.15) is 17.7 Å². The molecule has 1 aliphatic heterocycles. The van der Waals surface area contributed by atoms with Crippen molar-refractivity contribution in [2.45, 2.75) is 52.3 Å². The lowest BCUT2D eigenvalue weighted by Crippen LogP contribution is -2.41. The minimum Gasteiger partial charge on any atom is -0.490 e. The first kappa shape index (κ1) is 32.5. The number of aromatic nitrogens is 3. The molecule has 2 N–H and O–H groups in total. The van der Waals surface area contributed by atoms with E-state index in [1.807, 2.05) is 36.1 Å². The van der Waals surface area contributed by atoms with Gasteiger partial charge in [-0.15, -0.1) is 0 Å². The van der Waals surface area contributed by atoms with Crippen LogP contribution in [0.5, 0.6) is 11.5 Å². The summed E-state index contributed by atoms with van der Waals surface area (Å²) >= 11 is 0.